The summed E-state index contributed by atoms with van der Waals surface area (Å²) in [6.45, 7) is 1.47. The van der Waals surface area contributed by atoms with Gasteiger partial charge in [0.15, 0.2) is 0 Å². The maximum atomic E-state index is 12.8. The van der Waals surface area contributed by atoms with Gasteiger partial charge < -0.3 is 16.0 Å². The molecule has 0 aliphatic carbocycles. The van der Waals surface area contributed by atoms with Crippen molar-refractivity contribution in [2.45, 2.75) is 6.92 Å². The van der Waals surface area contributed by atoms with E-state index in [0.717, 1.165) is 22.5 Å². The second-order valence-corrected chi connectivity index (χ2v) is 6.50. The molecule has 0 unspecified atom stereocenters. The number of benzene rings is 3. The first-order chi connectivity index (χ1) is 13.6. The third-order valence-electron chi connectivity index (χ3n) is 4.44. The number of carbonyl (C=O) groups excluding carboxylic acids is 2. The van der Waals surface area contributed by atoms with Crippen molar-refractivity contribution in [3.8, 4) is 0 Å². The van der Waals surface area contributed by atoms with Crippen molar-refractivity contribution in [3.05, 3.63) is 90.0 Å². The number of anilines is 3. The van der Waals surface area contributed by atoms with Crippen LogP contribution in [-0.2, 0) is 9.59 Å². The van der Waals surface area contributed by atoms with Crippen molar-refractivity contribution < 1.29 is 9.59 Å². The first-order valence-electron chi connectivity index (χ1n) is 8.97. The van der Waals surface area contributed by atoms with Crippen LogP contribution in [0.15, 0.2) is 78.9 Å². The van der Waals surface area contributed by atoms with E-state index in [2.05, 4.69) is 16.0 Å². The zero-order valence-electron chi connectivity index (χ0n) is 15.3. The van der Waals surface area contributed by atoms with Crippen molar-refractivity contribution in [1.82, 2.24) is 0 Å². The van der Waals surface area contributed by atoms with Gasteiger partial charge in [-0.3, -0.25) is 9.59 Å². The molecule has 0 spiro atoms. The van der Waals surface area contributed by atoms with E-state index in [-0.39, 0.29) is 11.8 Å². The second-order valence-electron chi connectivity index (χ2n) is 6.50. The highest BCUT2D eigenvalue weighted by atomic mass is 16.2. The number of rotatable bonds is 4. The predicted molar refractivity (Wildman–Crippen MR) is 113 cm³/mol. The summed E-state index contributed by atoms with van der Waals surface area (Å²) in [4.78, 5) is 24.1. The first-order valence-corrected chi connectivity index (χ1v) is 8.97. The summed E-state index contributed by atoms with van der Waals surface area (Å²) in [6.07, 6.45) is 0. The Labute approximate surface area is 163 Å². The van der Waals surface area contributed by atoms with Crippen LogP contribution in [0.4, 0.5) is 17.1 Å². The van der Waals surface area contributed by atoms with Crippen LogP contribution in [0.1, 0.15) is 18.1 Å². The Morgan fingerprint density at radius 3 is 2.25 bits per heavy atom. The fourth-order valence-electron chi connectivity index (χ4n) is 3.27. The van der Waals surface area contributed by atoms with Crippen LogP contribution in [0.2, 0.25) is 0 Å². The standard InChI is InChI=1S/C23H19N3O2/c1-15(27)24-17-10-7-11-18(14-17)25-22(16-8-3-2-4-9-16)21-19-12-5-6-13-20(19)26-23(21)28/h2-14,25H,1H3,(H,24,27)(H,26,28). The number of carbonyl (C=O) groups is 2. The summed E-state index contributed by atoms with van der Waals surface area (Å²) in [6, 6.07) is 24.8. The average molecular weight is 369 g/mol. The van der Waals surface area contributed by atoms with Crippen LogP contribution in [0.25, 0.3) is 11.3 Å². The van der Waals surface area contributed by atoms with Crippen LogP contribution in [0.3, 0.4) is 0 Å². The molecule has 0 saturated carbocycles. The third-order valence-corrected chi connectivity index (χ3v) is 4.44. The van der Waals surface area contributed by atoms with E-state index < -0.39 is 0 Å². The zero-order chi connectivity index (χ0) is 19.5. The molecule has 2 amide bonds. The molecule has 0 aromatic heterocycles. The van der Waals surface area contributed by atoms with Crippen LogP contribution in [0.5, 0.6) is 0 Å². The van der Waals surface area contributed by atoms with Gasteiger partial charge in [0.25, 0.3) is 5.91 Å². The molecule has 4 rings (SSSR count). The van der Waals surface area contributed by atoms with Gasteiger partial charge in [-0.15, -0.1) is 0 Å². The van der Waals surface area contributed by atoms with Crippen molar-refractivity contribution >= 4 is 40.1 Å². The van der Waals surface area contributed by atoms with Gasteiger partial charge in [0.1, 0.15) is 0 Å². The summed E-state index contributed by atoms with van der Waals surface area (Å²) in [5.74, 6) is -0.284. The number of nitrogens with one attached hydrogen (secondary N) is 3. The smallest absolute Gasteiger partial charge is 0.258 e. The molecule has 5 heteroatoms. The maximum absolute atomic E-state index is 12.8. The maximum Gasteiger partial charge on any atom is 0.258 e. The average Bonchev–Trinajstić information content (AvgIpc) is 3.02. The predicted octanol–water partition coefficient (Wildman–Crippen LogP) is 4.58. The molecule has 5 nitrogen and oxygen atoms in total. The van der Waals surface area contributed by atoms with Gasteiger partial charge >= 0.3 is 0 Å². The Morgan fingerprint density at radius 1 is 0.821 bits per heavy atom. The summed E-state index contributed by atoms with van der Waals surface area (Å²) >= 11 is 0. The number of para-hydroxylation sites is 1. The Kier molecular flexibility index (Phi) is 4.64. The number of hydrogen-bond acceptors (Lipinski definition) is 3. The van der Waals surface area contributed by atoms with Gasteiger partial charge in [0.2, 0.25) is 5.91 Å². The van der Waals surface area contributed by atoms with Crippen molar-refractivity contribution in [2.75, 3.05) is 16.0 Å². The van der Waals surface area contributed by atoms with E-state index in [4.69, 9.17) is 0 Å². The molecule has 1 aliphatic rings. The van der Waals surface area contributed by atoms with E-state index in [1.807, 2.05) is 78.9 Å². The molecule has 3 aromatic carbocycles. The number of hydrogen-bond donors (Lipinski definition) is 3. The lowest BCUT2D eigenvalue weighted by molar-refractivity contribution is -0.114. The summed E-state index contributed by atoms with van der Waals surface area (Å²) < 4.78 is 0. The summed E-state index contributed by atoms with van der Waals surface area (Å²) in [5.41, 5.74) is 5.31. The molecular weight excluding hydrogens is 350 g/mol. The molecule has 0 saturated heterocycles. The van der Waals surface area contributed by atoms with Crippen LogP contribution in [-0.4, -0.2) is 11.8 Å². The monoisotopic (exact) mass is 369 g/mol. The summed E-state index contributed by atoms with van der Waals surface area (Å²) in [7, 11) is 0. The minimum absolute atomic E-state index is 0.136. The number of fused-ring (bicyclic) bond motifs is 1. The van der Waals surface area contributed by atoms with E-state index >= 15 is 0 Å². The Morgan fingerprint density at radius 2 is 1.50 bits per heavy atom. The molecule has 3 N–H and O–H groups in total. The fourth-order valence-corrected chi connectivity index (χ4v) is 3.27. The molecular formula is C23H19N3O2. The minimum atomic E-state index is -0.148. The third kappa shape index (κ3) is 3.50. The van der Waals surface area contributed by atoms with E-state index in [0.29, 0.717) is 17.0 Å². The van der Waals surface area contributed by atoms with Crippen molar-refractivity contribution in [3.63, 3.8) is 0 Å². The van der Waals surface area contributed by atoms with Gasteiger partial charge in [0.05, 0.1) is 11.3 Å². The molecule has 0 bridgehead atoms. The molecule has 1 aliphatic heterocycles. The van der Waals surface area contributed by atoms with E-state index in [1.165, 1.54) is 6.92 Å². The Bertz CT molecular complexity index is 1090. The molecule has 28 heavy (non-hydrogen) atoms. The Balaban J connectivity index is 1.83. The molecule has 138 valence electrons. The highest BCUT2D eigenvalue weighted by Gasteiger charge is 2.28. The largest absolute Gasteiger partial charge is 0.354 e. The van der Waals surface area contributed by atoms with E-state index in [9.17, 15) is 9.59 Å². The highest BCUT2D eigenvalue weighted by molar-refractivity contribution is 6.37. The lowest BCUT2D eigenvalue weighted by Crippen LogP contribution is -2.10. The first kappa shape index (κ1) is 17.5. The lowest BCUT2D eigenvalue weighted by Gasteiger charge is -2.15. The van der Waals surface area contributed by atoms with Gasteiger partial charge in [0, 0.05) is 29.5 Å². The number of amides is 2. The van der Waals surface area contributed by atoms with Crippen LogP contribution in [0, 0.1) is 0 Å². The van der Waals surface area contributed by atoms with Gasteiger partial charge in [-0.2, -0.15) is 0 Å². The van der Waals surface area contributed by atoms with Gasteiger partial charge in [-0.1, -0.05) is 54.6 Å². The molecule has 0 atom stereocenters. The van der Waals surface area contributed by atoms with Gasteiger partial charge in [-0.05, 0) is 29.8 Å². The molecule has 0 fully saturated rings. The zero-order valence-corrected chi connectivity index (χ0v) is 15.3. The lowest BCUT2D eigenvalue weighted by atomic mass is 10.00. The quantitative estimate of drug-likeness (QED) is 0.590. The highest BCUT2D eigenvalue weighted by Crippen LogP contribution is 2.37. The topological polar surface area (TPSA) is 70.2 Å². The fraction of sp³-hybridized carbons (Fsp3) is 0.0435. The SMILES string of the molecule is CC(=O)Nc1cccc(NC(=C2C(=O)Nc3ccccc32)c2ccccc2)c1. The minimum Gasteiger partial charge on any atom is -0.354 e. The van der Waals surface area contributed by atoms with Crippen LogP contribution >= 0.6 is 0 Å². The van der Waals surface area contributed by atoms with E-state index in [1.54, 1.807) is 0 Å². The summed E-state index contributed by atoms with van der Waals surface area (Å²) in [5, 5.41) is 9.09. The normalized spacial score (nSPS) is 14.1. The van der Waals surface area contributed by atoms with Crippen molar-refractivity contribution in [2.24, 2.45) is 0 Å². The molecule has 1 heterocycles. The Hall–Kier alpha value is -3.86. The molecule has 3 aromatic rings. The molecule has 0 radical (unpaired) electrons. The van der Waals surface area contributed by atoms with Gasteiger partial charge in [-0.25, -0.2) is 0 Å². The van der Waals surface area contributed by atoms with Crippen LogP contribution < -0.4 is 16.0 Å². The van der Waals surface area contributed by atoms with Crippen molar-refractivity contribution in [1.29, 1.82) is 0 Å². The second kappa shape index (κ2) is 7.40.